The average molecular weight is 325 g/mol. The Balaban J connectivity index is 1.92. The van der Waals surface area contributed by atoms with Gasteiger partial charge in [-0.3, -0.25) is 4.79 Å². The molecule has 0 unspecified atom stereocenters. The van der Waals surface area contributed by atoms with Gasteiger partial charge in [-0.05, 0) is 31.4 Å². The lowest BCUT2D eigenvalue weighted by atomic mass is 9.95. The van der Waals surface area contributed by atoms with Gasteiger partial charge >= 0.3 is 0 Å². The van der Waals surface area contributed by atoms with Crippen LogP contribution in [-0.2, 0) is 14.6 Å². The van der Waals surface area contributed by atoms with Gasteiger partial charge in [0.05, 0.1) is 5.25 Å². The quantitative estimate of drug-likeness (QED) is 0.897. The Hall–Kier alpha value is -1.56. The third-order valence-electron chi connectivity index (χ3n) is 4.05. The summed E-state index contributed by atoms with van der Waals surface area (Å²) in [6.07, 6.45) is 4.39. The molecule has 1 aromatic carbocycles. The van der Waals surface area contributed by atoms with Gasteiger partial charge in [-0.2, -0.15) is 0 Å². The third kappa shape index (κ3) is 4.47. The molecular weight excluding hydrogens is 302 g/mol. The number of carbonyl (C=O) groups is 1. The number of benzene rings is 1. The Morgan fingerprint density at radius 1 is 1.27 bits per heavy atom. The van der Waals surface area contributed by atoms with Crippen molar-refractivity contribution in [1.29, 1.82) is 0 Å². The summed E-state index contributed by atoms with van der Waals surface area (Å²) in [5.74, 6) is 0.393. The molecule has 1 saturated carbocycles. The van der Waals surface area contributed by atoms with Gasteiger partial charge in [-0.25, -0.2) is 8.42 Å². The monoisotopic (exact) mass is 325 g/mol. The maximum Gasteiger partial charge on any atom is 0.258 e. The summed E-state index contributed by atoms with van der Waals surface area (Å²) in [5, 5.41) is 2.34. The van der Waals surface area contributed by atoms with E-state index in [-0.39, 0.29) is 18.6 Å². The summed E-state index contributed by atoms with van der Waals surface area (Å²) in [5.41, 5.74) is 0.960. The van der Waals surface area contributed by atoms with Gasteiger partial charge in [-0.15, -0.1) is 0 Å². The lowest BCUT2D eigenvalue weighted by Gasteiger charge is -2.30. The van der Waals surface area contributed by atoms with E-state index in [1.807, 2.05) is 31.2 Å². The van der Waals surface area contributed by atoms with Crippen LogP contribution < -0.4 is 10.1 Å². The van der Waals surface area contributed by atoms with Crippen molar-refractivity contribution in [3.8, 4) is 5.75 Å². The molecule has 1 amide bonds. The van der Waals surface area contributed by atoms with Crippen LogP contribution in [-0.4, -0.2) is 38.5 Å². The average Bonchev–Trinajstić information content (AvgIpc) is 2.46. The van der Waals surface area contributed by atoms with Crippen molar-refractivity contribution in [2.24, 2.45) is 0 Å². The van der Waals surface area contributed by atoms with Crippen molar-refractivity contribution in [1.82, 2.24) is 5.32 Å². The highest BCUT2D eigenvalue weighted by Gasteiger charge is 2.33. The number of para-hydroxylation sites is 1. The van der Waals surface area contributed by atoms with E-state index in [2.05, 4.69) is 5.32 Å². The number of carbonyl (C=O) groups excluding carboxylic acids is 1. The Morgan fingerprint density at radius 2 is 1.95 bits per heavy atom. The van der Waals surface area contributed by atoms with Crippen molar-refractivity contribution in [2.45, 2.75) is 43.9 Å². The minimum Gasteiger partial charge on any atom is -0.484 e. The first-order valence-corrected chi connectivity index (χ1v) is 9.50. The summed E-state index contributed by atoms with van der Waals surface area (Å²) in [6.45, 7) is 1.81. The normalized spacial score (nSPS) is 22.1. The van der Waals surface area contributed by atoms with E-state index in [0.29, 0.717) is 18.6 Å². The fraction of sp³-hybridized carbons (Fsp3) is 0.562. The van der Waals surface area contributed by atoms with Gasteiger partial charge in [0.2, 0.25) is 0 Å². The molecule has 0 aliphatic heterocycles. The topological polar surface area (TPSA) is 72.5 Å². The number of aryl methyl sites for hydroxylation is 1. The van der Waals surface area contributed by atoms with Crippen LogP contribution >= 0.6 is 0 Å². The van der Waals surface area contributed by atoms with E-state index >= 15 is 0 Å². The molecule has 5 nitrogen and oxygen atoms in total. The van der Waals surface area contributed by atoms with Crippen molar-refractivity contribution in [2.75, 3.05) is 12.9 Å². The zero-order valence-electron chi connectivity index (χ0n) is 13.0. The smallest absolute Gasteiger partial charge is 0.258 e. The van der Waals surface area contributed by atoms with E-state index in [1.54, 1.807) is 0 Å². The van der Waals surface area contributed by atoms with Crippen LogP contribution in [0.4, 0.5) is 0 Å². The number of rotatable bonds is 5. The second-order valence-corrected chi connectivity index (χ2v) is 8.15. The summed E-state index contributed by atoms with van der Waals surface area (Å²) in [4.78, 5) is 12.0. The second-order valence-electron chi connectivity index (χ2n) is 5.88. The Labute approximate surface area is 132 Å². The molecule has 0 bridgehead atoms. The molecule has 2 atom stereocenters. The molecule has 122 valence electrons. The van der Waals surface area contributed by atoms with E-state index in [4.69, 9.17) is 4.74 Å². The van der Waals surface area contributed by atoms with Crippen LogP contribution in [0.5, 0.6) is 5.75 Å². The largest absolute Gasteiger partial charge is 0.484 e. The van der Waals surface area contributed by atoms with Crippen molar-refractivity contribution in [3.63, 3.8) is 0 Å². The van der Waals surface area contributed by atoms with Gasteiger partial charge < -0.3 is 10.1 Å². The van der Waals surface area contributed by atoms with Crippen molar-refractivity contribution in [3.05, 3.63) is 29.8 Å². The zero-order chi connectivity index (χ0) is 16.2. The Bertz CT molecular complexity index is 627. The molecule has 1 aliphatic rings. The lowest BCUT2D eigenvalue weighted by molar-refractivity contribution is -0.124. The summed E-state index contributed by atoms with van der Waals surface area (Å²) < 4.78 is 29.1. The number of ether oxygens (including phenoxy) is 1. The molecule has 1 fully saturated rings. The maximum atomic E-state index is 12.0. The Morgan fingerprint density at radius 3 is 2.64 bits per heavy atom. The number of hydrogen-bond acceptors (Lipinski definition) is 4. The van der Waals surface area contributed by atoms with Gasteiger partial charge in [0.15, 0.2) is 16.4 Å². The van der Waals surface area contributed by atoms with Crippen LogP contribution in [0.15, 0.2) is 24.3 Å². The van der Waals surface area contributed by atoms with Crippen LogP contribution in [0.3, 0.4) is 0 Å². The standard InChI is InChI=1S/C16H23NO4S/c1-12-7-3-5-9-14(12)21-11-16(18)17-13-8-4-6-10-15(13)22(2,19)20/h3,5,7,9,13,15H,4,6,8,10-11H2,1-2H3,(H,17,18)/t13-,15-/m1/s1. The first-order valence-electron chi connectivity index (χ1n) is 7.54. The van der Waals surface area contributed by atoms with E-state index in [9.17, 15) is 13.2 Å². The lowest BCUT2D eigenvalue weighted by Crippen LogP contribution is -2.49. The van der Waals surface area contributed by atoms with Gasteiger partial charge in [-0.1, -0.05) is 31.0 Å². The fourth-order valence-corrected chi connectivity index (χ4v) is 4.28. The van der Waals surface area contributed by atoms with Gasteiger partial charge in [0.1, 0.15) is 5.75 Å². The SMILES string of the molecule is Cc1ccccc1OCC(=O)N[C@@H]1CCCC[C@H]1S(C)(=O)=O. The van der Waals surface area contributed by atoms with E-state index < -0.39 is 15.1 Å². The molecule has 1 N–H and O–H groups in total. The Kier molecular flexibility index (Phi) is 5.45. The van der Waals surface area contributed by atoms with Gasteiger partial charge in [0.25, 0.3) is 5.91 Å². The first-order chi connectivity index (χ1) is 10.4. The van der Waals surface area contributed by atoms with Crippen LogP contribution in [0.25, 0.3) is 0 Å². The third-order valence-corrected chi connectivity index (χ3v) is 5.72. The number of amides is 1. The summed E-state index contributed by atoms with van der Waals surface area (Å²) in [7, 11) is -3.15. The highest BCUT2D eigenvalue weighted by molar-refractivity contribution is 7.91. The van der Waals surface area contributed by atoms with Crippen LogP contribution in [0.1, 0.15) is 31.2 Å². The summed E-state index contributed by atoms with van der Waals surface area (Å²) >= 11 is 0. The molecule has 0 saturated heterocycles. The first kappa shape index (κ1) is 16.8. The molecule has 0 spiro atoms. The fourth-order valence-electron chi connectivity index (χ4n) is 2.88. The molecule has 6 heteroatoms. The number of nitrogens with one attached hydrogen (secondary N) is 1. The predicted molar refractivity (Wildman–Crippen MR) is 85.7 cm³/mol. The minimum absolute atomic E-state index is 0.0994. The molecule has 0 aromatic heterocycles. The molecule has 0 heterocycles. The van der Waals surface area contributed by atoms with E-state index in [1.165, 1.54) is 6.26 Å². The predicted octanol–water partition coefficient (Wildman–Crippen LogP) is 1.85. The molecule has 22 heavy (non-hydrogen) atoms. The zero-order valence-corrected chi connectivity index (χ0v) is 13.9. The molecule has 0 radical (unpaired) electrons. The molecule has 1 aromatic rings. The van der Waals surface area contributed by atoms with Crippen molar-refractivity contribution < 1.29 is 17.9 Å². The highest BCUT2D eigenvalue weighted by atomic mass is 32.2. The van der Waals surface area contributed by atoms with Crippen LogP contribution in [0, 0.1) is 6.92 Å². The molecule has 2 rings (SSSR count). The molecule has 1 aliphatic carbocycles. The molecular formula is C16H23NO4S. The highest BCUT2D eigenvalue weighted by Crippen LogP contribution is 2.24. The minimum atomic E-state index is -3.15. The second kappa shape index (κ2) is 7.13. The van der Waals surface area contributed by atoms with Crippen LogP contribution in [0.2, 0.25) is 0 Å². The number of sulfone groups is 1. The number of hydrogen-bond donors (Lipinski definition) is 1. The van der Waals surface area contributed by atoms with Gasteiger partial charge in [0, 0.05) is 12.3 Å². The summed E-state index contributed by atoms with van der Waals surface area (Å²) in [6, 6.07) is 7.16. The van der Waals surface area contributed by atoms with Crippen molar-refractivity contribution >= 4 is 15.7 Å². The van der Waals surface area contributed by atoms with E-state index in [0.717, 1.165) is 18.4 Å². The maximum absolute atomic E-state index is 12.0.